The minimum Gasteiger partial charge on any atom is -0.497 e. The number of pyridine rings is 1. The summed E-state index contributed by atoms with van der Waals surface area (Å²) < 4.78 is 10.8. The molecule has 0 fully saturated rings. The van der Waals surface area contributed by atoms with E-state index in [9.17, 15) is 0 Å². The molecule has 18 heavy (non-hydrogen) atoms. The molecule has 2 rings (SSSR count). The van der Waals surface area contributed by atoms with Gasteiger partial charge in [0.05, 0.1) is 13.0 Å². The third-order valence-corrected chi connectivity index (χ3v) is 2.84. The van der Waals surface area contributed by atoms with Crippen molar-refractivity contribution in [2.24, 2.45) is 0 Å². The Morgan fingerprint density at radius 3 is 2.61 bits per heavy atom. The average molecular weight is 264 g/mol. The first-order valence-corrected chi connectivity index (χ1v) is 6.11. The van der Waals surface area contributed by atoms with Gasteiger partial charge in [0.1, 0.15) is 18.1 Å². The number of hydrogen-bond donors (Lipinski definition) is 0. The van der Waals surface area contributed by atoms with Crippen LogP contribution >= 0.6 is 11.6 Å². The third-order valence-electron chi connectivity index (χ3n) is 2.56. The van der Waals surface area contributed by atoms with E-state index < -0.39 is 0 Å². The van der Waals surface area contributed by atoms with Crippen molar-refractivity contribution < 1.29 is 9.47 Å². The fourth-order valence-corrected chi connectivity index (χ4v) is 1.74. The summed E-state index contributed by atoms with van der Waals surface area (Å²) in [7, 11) is 1.65. The van der Waals surface area contributed by atoms with Crippen molar-refractivity contribution in [3.63, 3.8) is 0 Å². The standard InChI is InChI=1S/C14H14ClNO2/c1-17-13-4-2-11(3-5-13)10-18-14-6-7-16-9-12(14)8-15/h2-7,9H,8,10H2,1H3. The zero-order valence-corrected chi connectivity index (χ0v) is 10.9. The SMILES string of the molecule is COc1ccc(COc2ccncc2CCl)cc1. The molecular formula is C14H14ClNO2. The van der Waals surface area contributed by atoms with Gasteiger partial charge in [0.2, 0.25) is 0 Å². The van der Waals surface area contributed by atoms with E-state index in [-0.39, 0.29) is 0 Å². The summed E-state index contributed by atoms with van der Waals surface area (Å²) in [6.45, 7) is 0.498. The van der Waals surface area contributed by atoms with Gasteiger partial charge in [-0.2, -0.15) is 0 Å². The second kappa shape index (κ2) is 6.26. The lowest BCUT2D eigenvalue weighted by atomic mass is 10.2. The topological polar surface area (TPSA) is 31.4 Å². The highest BCUT2D eigenvalue weighted by molar-refractivity contribution is 6.17. The predicted molar refractivity (Wildman–Crippen MR) is 71.1 cm³/mol. The molecule has 0 bridgehead atoms. The van der Waals surface area contributed by atoms with Gasteiger partial charge in [0, 0.05) is 18.0 Å². The van der Waals surface area contributed by atoms with Crippen LogP contribution in [0, 0.1) is 0 Å². The molecule has 0 aliphatic rings. The Balaban J connectivity index is 2.02. The average Bonchev–Trinajstić information content (AvgIpc) is 2.46. The Hall–Kier alpha value is -1.74. The number of halogens is 1. The maximum Gasteiger partial charge on any atom is 0.127 e. The first-order chi connectivity index (χ1) is 8.83. The van der Waals surface area contributed by atoms with E-state index in [0.29, 0.717) is 12.5 Å². The molecule has 2 aromatic rings. The summed E-state index contributed by atoms with van der Waals surface area (Å²) >= 11 is 5.82. The van der Waals surface area contributed by atoms with Crippen LogP contribution in [0.5, 0.6) is 11.5 Å². The van der Waals surface area contributed by atoms with Crippen LogP contribution in [0.4, 0.5) is 0 Å². The van der Waals surface area contributed by atoms with Crippen LogP contribution in [-0.4, -0.2) is 12.1 Å². The number of methoxy groups -OCH3 is 1. The zero-order chi connectivity index (χ0) is 12.8. The van der Waals surface area contributed by atoms with Gasteiger partial charge in [-0.05, 0) is 23.8 Å². The highest BCUT2D eigenvalue weighted by Gasteiger charge is 2.02. The Kier molecular flexibility index (Phi) is 4.42. The second-order valence-corrected chi connectivity index (χ2v) is 4.02. The van der Waals surface area contributed by atoms with Crippen LogP contribution in [0.3, 0.4) is 0 Å². The molecule has 0 unspecified atom stereocenters. The number of benzene rings is 1. The highest BCUT2D eigenvalue weighted by Crippen LogP contribution is 2.20. The molecule has 3 nitrogen and oxygen atoms in total. The van der Waals surface area contributed by atoms with Crippen molar-refractivity contribution in [1.29, 1.82) is 0 Å². The van der Waals surface area contributed by atoms with E-state index in [2.05, 4.69) is 4.98 Å². The summed E-state index contributed by atoms with van der Waals surface area (Å²) in [5.74, 6) is 2.01. The van der Waals surface area contributed by atoms with Crippen molar-refractivity contribution in [1.82, 2.24) is 4.98 Å². The molecule has 0 radical (unpaired) electrons. The number of nitrogens with zero attached hydrogens (tertiary/aromatic N) is 1. The number of alkyl halides is 1. The van der Waals surface area contributed by atoms with Gasteiger partial charge in [-0.25, -0.2) is 0 Å². The van der Waals surface area contributed by atoms with Crippen molar-refractivity contribution in [3.8, 4) is 11.5 Å². The van der Waals surface area contributed by atoms with Crippen molar-refractivity contribution in [3.05, 3.63) is 53.9 Å². The molecule has 0 amide bonds. The molecule has 0 saturated carbocycles. The van der Waals surface area contributed by atoms with E-state index in [4.69, 9.17) is 21.1 Å². The molecule has 1 heterocycles. The van der Waals surface area contributed by atoms with E-state index in [0.717, 1.165) is 22.6 Å². The van der Waals surface area contributed by atoms with Gasteiger partial charge in [-0.1, -0.05) is 12.1 Å². The molecule has 0 aliphatic carbocycles. The van der Waals surface area contributed by atoms with E-state index in [1.165, 1.54) is 0 Å². The van der Waals surface area contributed by atoms with E-state index in [1.807, 2.05) is 30.3 Å². The van der Waals surface area contributed by atoms with Crippen LogP contribution in [0.2, 0.25) is 0 Å². The molecule has 4 heteroatoms. The first kappa shape index (κ1) is 12.7. The van der Waals surface area contributed by atoms with Crippen molar-refractivity contribution in [2.45, 2.75) is 12.5 Å². The number of aromatic nitrogens is 1. The van der Waals surface area contributed by atoms with E-state index in [1.54, 1.807) is 19.5 Å². The van der Waals surface area contributed by atoms with Crippen LogP contribution in [0.1, 0.15) is 11.1 Å². The van der Waals surface area contributed by atoms with Gasteiger partial charge < -0.3 is 9.47 Å². The first-order valence-electron chi connectivity index (χ1n) is 5.58. The quantitative estimate of drug-likeness (QED) is 0.775. The minimum atomic E-state index is 0.395. The Morgan fingerprint density at radius 1 is 1.17 bits per heavy atom. The molecule has 0 spiro atoms. The molecule has 0 N–H and O–H groups in total. The molecule has 1 aromatic heterocycles. The minimum absolute atomic E-state index is 0.395. The lowest BCUT2D eigenvalue weighted by Crippen LogP contribution is -1.98. The molecule has 0 saturated heterocycles. The summed E-state index contributed by atoms with van der Waals surface area (Å²) in [6, 6.07) is 9.59. The Morgan fingerprint density at radius 2 is 1.94 bits per heavy atom. The summed E-state index contributed by atoms with van der Waals surface area (Å²) in [4.78, 5) is 4.01. The van der Waals surface area contributed by atoms with Gasteiger partial charge in [-0.3, -0.25) is 4.98 Å². The monoisotopic (exact) mass is 263 g/mol. The second-order valence-electron chi connectivity index (χ2n) is 3.75. The van der Waals surface area contributed by atoms with Crippen LogP contribution in [0.15, 0.2) is 42.7 Å². The molecular weight excluding hydrogens is 250 g/mol. The lowest BCUT2D eigenvalue weighted by molar-refractivity contribution is 0.303. The fraction of sp³-hybridized carbons (Fsp3) is 0.214. The van der Waals surface area contributed by atoms with Crippen LogP contribution in [-0.2, 0) is 12.5 Å². The summed E-state index contributed by atoms with van der Waals surface area (Å²) in [6.07, 6.45) is 3.41. The number of ether oxygens (including phenoxy) is 2. The molecule has 1 aromatic carbocycles. The molecule has 0 aliphatic heterocycles. The Labute approximate surface area is 111 Å². The largest absolute Gasteiger partial charge is 0.497 e. The maximum atomic E-state index is 5.82. The van der Waals surface area contributed by atoms with Gasteiger partial charge >= 0.3 is 0 Å². The fourth-order valence-electron chi connectivity index (χ4n) is 1.54. The third kappa shape index (κ3) is 3.14. The summed E-state index contributed by atoms with van der Waals surface area (Å²) in [5, 5.41) is 0. The molecule has 0 atom stereocenters. The van der Waals surface area contributed by atoms with E-state index >= 15 is 0 Å². The lowest BCUT2D eigenvalue weighted by Gasteiger charge is -2.09. The smallest absolute Gasteiger partial charge is 0.127 e. The summed E-state index contributed by atoms with van der Waals surface area (Å²) in [5.41, 5.74) is 1.97. The molecule has 94 valence electrons. The van der Waals surface area contributed by atoms with Gasteiger partial charge in [-0.15, -0.1) is 11.6 Å². The maximum absolute atomic E-state index is 5.82. The van der Waals surface area contributed by atoms with Gasteiger partial charge in [0.25, 0.3) is 0 Å². The Bertz CT molecular complexity index is 499. The van der Waals surface area contributed by atoms with Crippen molar-refractivity contribution >= 4 is 11.6 Å². The predicted octanol–water partition coefficient (Wildman–Crippen LogP) is 3.41. The highest BCUT2D eigenvalue weighted by atomic mass is 35.5. The number of hydrogen-bond acceptors (Lipinski definition) is 3. The van der Waals surface area contributed by atoms with Crippen LogP contribution in [0.25, 0.3) is 0 Å². The van der Waals surface area contributed by atoms with Crippen LogP contribution < -0.4 is 9.47 Å². The van der Waals surface area contributed by atoms with Gasteiger partial charge in [0.15, 0.2) is 0 Å². The normalized spacial score (nSPS) is 10.1. The van der Waals surface area contributed by atoms with Crippen molar-refractivity contribution in [2.75, 3.05) is 7.11 Å². The number of rotatable bonds is 5. The zero-order valence-electron chi connectivity index (χ0n) is 10.1.